The van der Waals surface area contributed by atoms with E-state index < -0.39 is 5.60 Å². The van der Waals surface area contributed by atoms with Gasteiger partial charge in [0, 0.05) is 12.7 Å². The van der Waals surface area contributed by atoms with E-state index in [1.54, 1.807) is 25.4 Å². The lowest BCUT2D eigenvalue weighted by Crippen LogP contribution is -2.48. The van der Waals surface area contributed by atoms with Crippen molar-refractivity contribution in [3.63, 3.8) is 0 Å². The number of carbonyl (C=O) groups is 1. The minimum atomic E-state index is -0.701. The Bertz CT molecular complexity index is 489. The van der Waals surface area contributed by atoms with Crippen LogP contribution in [0.5, 0.6) is 5.88 Å². The van der Waals surface area contributed by atoms with Crippen LogP contribution in [0.1, 0.15) is 46.0 Å². The highest BCUT2D eigenvalue weighted by atomic mass is 16.5. The number of nitrogens with one attached hydrogen (secondary N) is 1. The van der Waals surface area contributed by atoms with Gasteiger partial charge in [-0.15, -0.1) is 0 Å². The van der Waals surface area contributed by atoms with E-state index >= 15 is 0 Å². The van der Waals surface area contributed by atoms with Gasteiger partial charge in [-0.3, -0.25) is 4.79 Å². The summed E-state index contributed by atoms with van der Waals surface area (Å²) in [5.74, 6) is 0.978. The zero-order chi connectivity index (χ0) is 16.0. The average molecular weight is 306 g/mol. The van der Waals surface area contributed by atoms with Crippen LogP contribution in [0.2, 0.25) is 0 Å². The van der Waals surface area contributed by atoms with E-state index in [1.807, 2.05) is 0 Å². The molecule has 1 aliphatic rings. The molecule has 1 saturated carbocycles. The van der Waals surface area contributed by atoms with Crippen LogP contribution in [0.25, 0.3) is 0 Å². The standard InChI is InChI=1S/C17H26N2O3/c1-4-10-22-17(9-5-6-13(2)11-17)16(20)19-14-7-8-15(21-3)18-12-14/h7-8,12-13H,4-6,9-11H2,1-3H3,(H,19,20)/t13-,17+/m1/s1. The lowest BCUT2D eigenvalue weighted by molar-refractivity contribution is -0.148. The van der Waals surface area contributed by atoms with Gasteiger partial charge < -0.3 is 14.8 Å². The summed E-state index contributed by atoms with van der Waals surface area (Å²) in [6.07, 6.45) is 6.27. The molecule has 1 amide bonds. The SMILES string of the molecule is CCCO[C@@]1(C(=O)Nc2ccc(OC)nc2)CCC[C@@H](C)C1. The first-order valence-electron chi connectivity index (χ1n) is 8.05. The molecule has 0 aliphatic heterocycles. The van der Waals surface area contributed by atoms with Crippen LogP contribution in [-0.4, -0.2) is 30.2 Å². The molecule has 0 saturated heterocycles. The first-order chi connectivity index (χ1) is 10.6. The number of anilines is 1. The average Bonchev–Trinajstić information content (AvgIpc) is 2.53. The van der Waals surface area contributed by atoms with Gasteiger partial charge in [-0.25, -0.2) is 4.98 Å². The molecule has 0 aromatic carbocycles. The molecule has 1 fully saturated rings. The molecule has 1 N–H and O–H groups in total. The molecule has 0 spiro atoms. The van der Waals surface area contributed by atoms with Crippen LogP contribution >= 0.6 is 0 Å². The Balaban J connectivity index is 2.10. The highest BCUT2D eigenvalue weighted by Crippen LogP contribution is 2.36. The zero-order valence-electron chi connectivity index (χ0n) is 13.7. The van der Waals surface area contributed by atoms with E-state index in [0.717, 1.165) is 32.1 Å². The van der Waals surface area contributed by atoms with Gasteiger partial charge in [0.2, 0.25) is 5.88 Å². The summed E-state index contributed by atoms with van der Waals surface area (Å²) in [4.78, 5) is 16.9. The summed E-state index contributed by atoms with van der Waals surface area (Å²) >= 11 is 0. The number of pyridine rings is 1. The number of ether oxygens (including phenoxy) is 2. The number of methoxy groups -OCH3 is 1. The topological polar surface area (TPSA) is 60.5 Å². The summed E-state index contributed by atoms with van der Waals surface area (Å²) in [6, 6.07) is 3.53. The lowest BCUT2D eigenvalue weighted by Gasteiger charge is -2.38. The Morgan fingerprint density at radius 2 is 2.32 bits per heavy atom. The van der Waals surface area contributed by atoms with E-state index in [9.17, 15) is 4.79 Å². The molecule has 0 bridgehead atoms. The molecule has 5 nitrogen and oxygen atoms in total. The number of amides is 1. The second-order valence-electron chi connectivity index (χ2n) is 6.09. The molecule has 122 valence electrons. The normalized spacial score (nSPS) is 24.8. The largest absolute Gasteiger partial charge is 0.481 e. The Kier molecular flexibility index (Phi) is 5.77. The minimum Gasteiger partial charge on any atom is -0.481 e. The molecule has 2 atom stereocenters. The third-order valence-corrected chi connectivity index (χ3v) is 4.16. The van der Waals surface area contributed by atoms with Gasteiger partial charge in [-0.2, -0.15) is 0 Å². The van der Waals surface area contributed by atoms with Crippen molar-refractivity contribution in [2.75, 3.05) is 19.0 Å². The Morgan fingerprint density at radius 1 is 1.50 bits per heavy atom. The summed E-state index contributed by atoms with van der Waals surface area (Å²) in [7, 11) is 1.57. The van der Waals surface area contributed by atoms with Gasteiger partial charge in [0.1, 0.15) is 5.60 Å². The van der Waals surface area contributed by atoms with Crippen LogP contribution in [0.3, 0.4) is 0 Å². The Labute approximate surface area is 132 Å². The number of carbonyl (C=O) groups excluding carboxylic acids is 1. The van der Waals surface area contributed by atoms with Crippen LogP contribution in [0, 0.1) is 5.92 Å². The van der Waals surface area contributed by atoms with Gasteiger partial charge in [0.05, 0.1) is 19.0 Å². The lowest BCUT2D eigenvalue weighted by atomic mass is 9.78. The molecule has 22 heavy (non-hydrogen) atoms. The molecular formula is C17H26N2O3. The van der Waals surface area contributed by atoms with Gasteiger partial charge >= 0.3 is 0 Å². The van der Waals surface area contributed by atoms with E-state index in [4.69, 9.17) is 9.47 Å². The molecule has 1 aliphatic carbocycles. The first-order valence-corrected chi connectivity index (χ1v) is 8.05. The van der Waals surface area contributed by atoms with Gasteiger partial charge in [-0.1, -0.05) is 20.3 Å². The van der Waals surface area contributed by atoms with E-state index in [2.05, 4.69) is 24.1 Å². The van der Waals surface area contributed by atoms with E-state index in [1.165, 1.54) is 0 Å². The fourth-order valence-corrected chi connectivity index (χ4v) is 3.02. The summed E-state index contributed by atoms with van der Waals surface area (Å²) in [6.45, 7) is 4.86. The monoisotopic (exact) mass is 306 g/mol. The molecule has 5 heteroatoms. The zero-order valence-corrected chi connectivity index (χ0v) is 13.7. The number of aromatic nitrogens is 1. The molecule has 0 radical (unpaired) electrons. The first kappa shape index (κ1) is 16.7. The van der Waals surface area contributed by atoms with Crippen molar-refractivity contribution in [3.8, 4) is 5.88 Å². The Hall–Kier alpha value is -1.62. The number of hydrogen-bond donors (Lipinski definition) is 1. The van der Waals surface area contributed by atoms with Crippen LogP contribution in [0.15, 0.2) is 18.3 Å². The van der Waals surface area contributed by atoms with Crippen LogP contribution in [-0.2, 0) is 9.53 Å². The Morgan fingerprint density at radius 3 is 2.91 bits per heavy atom. The molecule has 1 aromatic heterocycles. The van der Waals surface area contributed by atoms with Crippen molar-refractivity contribution in [2.45, 2.75) is 51.6 Å². The minimum absolute atomic E-state index is 0.0560. The van der Waals surface area contributed by atoms with Crippen LogP contribution in [0.4, 0.5) is 5.69 Å². The van der Waals surface area contributed by atoms with Gasteiger partial charge in [-0.05, 0) is 37.7 Å². The number of nitrogens with zero attached hydrogens (tertiary/aromatic N) is 1. The maximum Gasteiger partial charge on any atom is 0.256 e. The van der Waals surface area contributed by atoms with Gasteiger partial charge in [0.15, 0.2) is 0 Å². The van der Waals surface area contributed by atoms with Crippen molar-refractivity contribution in [1.29, 1.82) is 0 Å². The maximum atomic E-state index is 12.8. The highest BCUT2D eigenvalue weighted by Gasteiger charge is 2.42. The number of rotatable bonds is 6. The smallest absolute Gasteiger partial charge is 0.256 e. The predicted octanol–water partition coefficient (Wildman–Crippen LogP) is 3.40. The van der Waals surface area contributed by atoms with Crippen molar-refractivity contribution >= 4 is 11.6 Å². The van der Waals surface area contributed by atoms with E-state index in [-0.39, 0.29) is 5.91 Å². The summed E-state index contributed by atoms with van der Waals surface area (Å²) in [5.41, 5.74) is -0.0309. The van der Waals surface area contributed by atoms with Crippen molar-refractivity contribution in [1.82, 2.24) is 4.98 Å². The van der Waals surface area contributed by atoms with Crippen LogP contribution < -0.4 is 10.1 Å². The molecule has 2 rings (SSSR count). The molecular weight excluding hydrogens is 280 g/mol. The second-order valence-corrected chi connectivity index (χ2v) is 6.09. The van der Waals surface area contributed by atoms with E-state index in [0.29, 0.717) is 24.1 Å². The number of hydrogen-bond acceptors (Lipinski definition) is 4. The van der Waals surface area contributed by atoms with Crippen molar-refractivity contribution in [2.24, 2.45) is 5.92 Å². The highest BCUT2D eigenvalue weighted by molar-refractivity contribution is 5.97. The van der Waals surface area contributed by atoms with Crippen molar-refractivity contribution in [3.05, 3.63) is 18.3 Å². The van der Waals surface area contributed by atoms with Gasteiger partial charge in [0.25, 0.3) is 5.91 Å². The second kappa shape index (κ2) is 7.58. The fourth-order valence-electron chi connectivity index (χ4n) is 3.02. The predicted molar refractivity (Wildman–Crippen MR) is 86.0 cm³/mol. The molecule has 1 heterocycles. The maximum absolute atomic E-state index is 12.8. The molecule has 1 aromatic rings. The quantitative estimate of drug-likeness (QED) is 0.875. The third-order valence-electron chi connectivity index (χ3n) is 4.16. The summed E-state index contributed by atoms with van der Waals surface area (Å²) < 4.78 is 11.0. The molecule has 0 unspecified atom stereocenters. The van der Waals surface area contributed by atoms with Crippen molar-refractivity contribution < 1.29 is 14.3 Å². The third kappa shape index (κ3) is 3.97. The summed E-state index contributed by atoms with van der Waals surface area (Å²) in [5, 5.41) is 2.95. The fraction of sp³-hybridized carbons (Fsp3) is 0.647.